The molecule has 3 aliphatic rings. The zero-order valence-corrected chi connectivity index (χ0v) is 20.2. The minimum atomic E-state index is -0.629. The molecule has 0 aromatic rings. The van der Waals surface area contributed by atoms with E-state index >= 15 is 0 Å². The third kappa shape index (κ3) is 5.10. The highest BCUT2D eigenvalue weighted by atomic mass is 16.3. The van der Waals surface area contributed by atoms with Gasteiger partial charge in [0.1, 0.15) is 0 Å². The van der Waals surface area contributed by atoms with Crippen LogP contribution >= 0.6 is 0 Å². The fourth-order valence-electron chi connectivity index (χ4n) is 6.33. The largest absolute Gasteiger partial charge is 0.393 e. The number of hydrogen-bond donors (Lipinski definition) is 3. The fourth-order valence-corrected chi connectivity index (χ4v) is 6.33. The first kappa shape index (κ1) is 24.5. The molecule has 0 heterocycles. The second kappa shape index (κ2) is 9.77. The Morgan fingerprint density at radius 1 is 1.26 bits per heavy atom. The smallest absolute Gasteiger partial charge is 0.0811 e. The number of hydrogen-bond acceptors (Lipinski definition) is 3. The van der Waals surface area contributed by atoms with Gasteiger partial charge in [0.2, 0.25) is 0 Å². The van der Waals surface area contributed by atoms with E-state index in [0.29, 0.717) is 24.7 Å². The van der Waals surface area contributed by atoms with Crippen molar-refractivity contribution < 1.29 is 15.3 Å². The van der Waals surface area contributed by atoms with Crippen molar-refractivity contribution >= 4 is 0 Å². The average molecular weight is 429 g/mol. The Labute approximate surface area is 189 Å². The molecule has 2 fully saturated rings. The Morgan fingerprint density at radius 2 is 1.97 bits per heavy atom. The van der Waals surface area contributed by atoms with E-state index in [1.807, 2.05) is 0 Å². The molecule has 3 N–H and O–H groups in total. The molecule has 0 radical (unpaired) electrons. The first-order chi connectivity index (χ1) is 14.6. The van der Waals surface area contributed by atoms with Gasteiger partial charge in [0.25, 0.3) is 0 Å². The summed E-state index contributed by atoms with van der Waals surface area (Å²) in [5.41, 5.74) is 4.54. The first-order valence-corrected chi connectivity index (χ1v) is 12.5. The second-order valence-electron chi connectivity index (χ2n) is 10.7. The maximum atomic E-state index is 10.7. The Kier molecular flexibility index (Phi) is 7.71. The van der Waals surface area contributed by atoms with Gasteiger partial charge in [-0.2, -0.15) is 0 Å². The van der Waals surface area contributed by atoms with Gasteiger partial charge in [0.05, 0.1) is 17.8 Å². The van der Waals surface area contributed by atoms with Crippen LogP contribution in [-0.2, 0) is 0 Å². The van der Waals surface area contributed by atoms with Gasteiger partial charge in [-0.15, -0.1) is 0 Å². The zero-order chi connectivity index (χ0) is 22.8. The van der Waals surface area contributed by atoms with Gasteiger partial charge in [-0.1, -0.05) is 63.6 Å². The fraction of sp³-hybridized carbons (Fsp3) is 0.714. The van der Waals surface area contributed by atoms with Crippen LogP contribution in [0.15, 0.2) is 47.1 Å². The molecule has 174 valence electrons. The van der Waals surface area contributed by atoms with Crippen molar-refractivity contribution in [3.63, 3.8) is 0 Å². The van der Waals surface area contributed by atoms with Crippen molar-refractivity contribution in [2.24, 2.45) is 17.3 Å². The lowest BCUT2D eigenvalue weighted by Gasteiger charge is -2.43. The normalized spacial score (nSPS) is 35.4. The summed E-state index contributed by atoms with van der Waals surface area (Å²) in [5.74, 6) is 1.04. The molecule has 0 amide bonds. The highest BCUT2D eigenvalue weighted by molar-refractivity contribution is 5.40. The SMILES string of the molecule is C=C1/C(=C\C=C2/CCC[C@]3(C)C(C(C)CCC(O)(CC)CC)=CC[C@@H]23)C[C@@H](O)C[C@@H]1O. The quantitative estimate of drug-likeness (QED) is 0.435. The maximum absolute atomic E-state index is 10.7. The molecular formula is C28H44O3. The number of aliphatic hydroxyl groups is 3. The van der Waals surface area contributed by atoms with Crippen LogP contribution in [0.1, 0.15) is 91.9 Å². The van der Waals surface area contributed by atoms with Crippen LogP contribution in [0.5, 0.6) is 0 Å². The molecule has 0 bridgehead atoms. The van der Waals surface area contributed by atoms with Crippen molar-refractivity contribution in [2.75, 3.05) is 0 Å². The van der Waals surface area contributed by atoms with Crippen LogP contribution in [0.25, 0.3) is 0 Å². The molecule has 31 heavy (non-hydrogen) atoms. The maximum Gasteiger partial charge on any atom is 0.0811 e. The van der Waals surface area contributed by atoms with Gasteiger partial charge in [0.15, 0.2) is 0 Å². The second-order valence-corrected chi connectivity index (χ2v) is 10.7. The molecule has 2 saturated carbocycles. The van der Waals surface area contributed by atoms with Gasteiger partial charge in [-0.25, -0.2) is 0 Å². The third-order valence-electron chi connectivity index (χ3n) is 8.77. The summed E-state index contributed by atoms with van der Waals surface area (Å²) in [4.78, 5) is 0. The van der Waals surface area contributed by atoms with Crippen LogP contribution in [0.4, 0.5) is 0 Å². The number of rotatable bonds is 7. The van der Waals surface area contributed by atoms with E-state index in [9.17, 15) is 15.3 Å². The van der Waals surface area contributed by atoms with E-state index in [0.717, 1.165) is 49.7 Å². The van der Waals surface area contributed by atoms with Gasteiger partial charge < -0.3 is 15.3 Å². The van der Waals surface area contributed by atoms with Crippen molar-refractivity contribution in [3.05, 3.63) is 47.1 Å². The minimum Gasteiger partial charge on any atom is -0.393 e. The van der Waals surface area contributed by atoms with Gasteiger partial charge in [-0.05, 0) is 86.2 Å². The van der Waals surface area contributed by atoms with E-state index in [1.165, 1.54) is 18.4 Å². The van der Waals surface area contributed by atoms with E-state index in [4.69, 9.17) is 0 Å². The number of fused-ring (bicyclic) bond motifs is 1. The summed E-state index contributed by atoms with van der Waals surface area (Å²) in [5, 5.41) is 30.9. The van der Waals surface area contributed by atoms with Crippen LogP contribution in [0.2, 0.25) is 0 Å². The molecule has 0 aromatic carbocycles. The number of allylic oxidation sites excluding steroid dienone is 5. The first-order valence-electron chi connectivity index (χ1n) is 12.5. The Morgan fingerprint density at radius 3 is 2.65 bits per heavy atom. The summed E-state index contributed by atoms with van der Waals surface area (Å²) in [6.45, 7) is 13.0. The van der Waals surface area contributed by atoms with Crippen LogP contribution in [0, 0.1) is 17.3 Å². The van der Waals surface area contributed by atoms with Crippen molar-refractivity contribution in [2.45, 2.75) is 110 Å². The Bertz CT molecular complexity index is 754. The lowest BCUT2D eigenvalue weighted by molar-refractivity contribution is 0.0184. The molecule has 3 aliphatic carbocycles. The summed E-state index contributed by atoms with van der Waals surface area (Å²) in [6, 6.07) is 0. The summed E-state index contributed by atoms with van der Waals surface area (Å²) in [6.07, 6.45) is 15.0. The van der Waals surface area contributed by atoms with E-state index in [1.54, 1.807) is 5.57 Å². The van der Waals surface area contributed by atoms with Crippen LogP contribution < -0.4 is 0 Å². The van der Waals surface area contributed by atoms with Gasteiger partial charge >= 0.3 is 0 Å². The molecule has 1 unspecified atom stereocenters. The zero-order valence-electron chi connectivity index (χ0n) is 20.2. The monoisotopic (exact) mass is 428 g/mol. The topological polar surface area (TPSA) is 60.7 Å². The van der Waals surface area contributed by atoms with Gasteiger partial charge in [0, 0.05) is 6.42 Å². The Hall–Kier alpha value is -1.16. The predicted molar refractivity (Wildman–Crippen MR) is 129 cm³/mol. The van der Waals surface area contributed by atoms with Crippen molar-refractivity contribution in [1.82, 2.24) is 0 Å². The molecule has 3 nitrogen and oxygen atoms in total. The molecule has 0 aromatic heterocycles. The van der Waals surface area contributed by atoms with Crippen LogP contribution in [0.3, 0.4) is 0 Å². The van der Waals surface area contributed by atoms with Crippen LogP contribution in [-0.4, -0.2) is 33.1 Å². The molecule has 0 spiro atoms. The van der Waals surface area contributed by atoms with E-state index in [-0.39, 0.29) is 5.41 Å². The lowest BCUT2D eigenvalue weighted by Crippen LogP contribution is -2.33. The molecule has 3 rings (SSSR count). The molecular weight excluding hydrogens is 384 g/mol. The summed E-state index contributed by atoms with van der Waals surface area (Å²) < 4.78 is 0. The molecule has 5 atom stereocenters. The average Bonchev–Trinajstić information content (AvgIpc) is 3.10. The lowest BCUT2D eigenvalue weighted by atomic mass is 9.62. The summed E-state index contributed by atoms with van der Waals surface area (Å²) in [7, 11) is 0. The molecule has 0 saturated heterocycles. The Balaban J connectivity index is 1.73. The predicted octanol–water partition coefficient (Wildman–Crippen LogP) is 6.01. The standard InChI is InChI=1S/C28H44O3/c1-6-28(31,7-2)16-14-19(3)24-12-13-25-21(9-8-15-27(24,25)5)10-11-22-17-23(29)18-26(30)20(22)4/h10-12,19,23,25-26,29-31H,4,6-9,13-18H2,1-3,5H3/b21-10+,22-11-/t19?,23-,25+,26+,27-/m1/s1. The minimum absolute atomic E-state index is 0.209. The van der Waals surface area contributed by atoms with Gasteiger partial charge in [-0.3, -0.25) is 0 Å². The van der Waals surface area contributed by atoms with Crippen molar-refractivity contribution in [3.8, 4) is 0 Å². The van der Waals surface area contributed by atoms with E-state index in [2.05, 4.69) is 52.5 Å². The highest BCUT2D eigenvalue weighted by Crippen LogP contribution is 2.57. The molecule has 0 aliphatic heterocycles. The third-order valence-corrected chi connectivity index (χ3v) is 8.77. The van der Waals surface area contributed by atoms with E-state index < -0.39 is 17.8 Å². The van der Waals surface area contributed by atoms with Crippen molar-refractivity contribution in [1.29, 1.82) is 0 Å². The molecule has 3 heteroatoms. The number of aliphatic hydroxyl groups excluding tert-OH is 2. The summed E-state index contributed by atoms with van der Waals surface area (Å²) >= 11 is 0. The highest BCUT2D eigenvalue weighted by Gasteiger charge is 2.46.